The molecule has 1 aromatic carbocycles. The Morgan fingerprint density at radius 2 is 2.04 bits per heavy atom. The van der Waals surface area contributed by atoms with E-state index < -0.39 is 0 Å². The normalized spacial score (nSPS) is 13.0. The second-order valence-corrected chi connectivity index (χ2v) is 8.20. The molecule has 0 saturated heterocycles. The van der Waals surface area contributed by atoms with Crippen LogP contribution in [-0.2, 0) is 17.6 Å². The summed E-state index contributed by atoms with van der Waals surface area (Å²) in [4.78, 5) is 13.7. The third kappa shape index (κ3) is 4.31. The minimum absolute atomic E-state index is 0.304. The maximum Gasteiger partial charge on any atom is 0.341 e. The molecule has 0 spiro atoms. The summed E-state index contributed by atoms with van der Waals surface area (Å²) in [5, 5.41) is 8.29. The summed E-state index contributed by atoms with van der Waals surface area (Å²) in [6.07, 6.45) is 4.10. The summed E-state index contributed by atoms with van der Waals surface area (Å²) < 4.78 is 5.25. The first-order valence-corrected chi connectivity index (χ1v) is 10.3. The Morgan fingerprint density at radius 3 is 2.77 bits per heavy atom. The fraction of sp³-hybridized carbons (Fsp3) is 0.333. The first kappa shape index (κ1) is 19.4. The maximum atomic E-state index is 12.5. The van der Waals surface area contributed by atoms with Crippen LogP contribution in [0.25, 0.3) is 0 Å². The number of halogens is 2. The highest BCUT2D eigenvalue weighted by Gasteiger charge is 2.26. The molecular weight excluding hydrogens is 411 g/mol. The summed E-state index contributed by atoms with van der Waals surface area (Å²) in [6.45, 7) is 2.14. The lowest BCUT2D eigenvalue weighted by Gasteiger charge is -2.13. The van der Waals surface area contributed by atoms with Crippen molar-refractivity contribution in [3.05, 3.63) is 44.2 Å². The molecule has 0 bridgehead atoms. The Bertz CT molecular complexity index is 852. The van der Waals surface area contributed by atoms with E-state index in [-0.39, 0.29) is 5.97 Å². The average Bonchev–Trinajstić information content (AvgIpc) is 2.95. The molecule has 2 N–H and O–H groups in total. The van der Waals surface area contributed by atoms with Gasteiger partial charge in [-0.15, -0.1) is 11.3 Å². The van der Waals surface area contributed by atoms with Crippen molar-refractivity contribution in [1.29, 1.82) is 0 Å². The molecule has 0 unspecified atom stereocenters. The molecule has 0 aliphatic heterocycles. The van der Waals surface area contributed by atoms with Gasteiger partial charge in [-0.25, -0.2) is 4.79 Å². The molecule has 0 radical (unpaired) electrons. The van der Waals surface area contributed by atoms with Crippen LogP contribution >= 0.6 is 46.8 Å². The minimum atomic E-state index is -0.304. The third-order valence-electron chi connectivity index (χ3n) is 4.06. The predicted molar refractivity (Wildman–Crippen MR) is 113 cm³/mol. The SMILES string of the molecule is CCOC(=O)c1c(NC(=S)Nc2ccc(Cl)cc2Cl)sc2c1CCCC2. The Balaban J connectivity index is 1.83. The van der Waals surface area contributed by atoms with E-state index in [9.17, 15) is 4.79 Å². The second kappa shape index (κ2) is 8.57. The van der Waals surface area contributed by atoms with Gasteiger partial charge in [-0.1, -0.05) is 23.2 Å². The van der Waals surface area contributed by atoms with Gasteiger partial charge in [0.25, 0.3) is 0 Å². The fourth-order valence-corrected chi connectivity index (χ4v) is 4.93. The van der Waals surface area contributed by atoms with Crippen molar-refractivity contribution in [3.63, 3.8) is 0 Å². The standard InChI is InChI=1S/C18H18Cl2N2O2S2/c1-2-24-17(23)15-11-5-3-4-6-14(11)26-16(15)22-18(25)21-13-8-7-10(19)9-12(13)20/h7-9H,2-6H2,1H3,(H2,21,22,25). The van der Waals surface area contributed by atoms with E-state index >= 15 is 0 Å². The van der Waals surface area contributed by atoms with Crippen molar-refractivity contribution in [2.75, 3.05) is 17.2 Å². The molecule has 0 saturated carbocycles. The van der Waals surface area contributed by atoms with Crippen molar-refractivity contribution in [1.82, 2.24) is 0 Å². The summed E-state index contributed by atoms with van der Waals surface area (Å²) in [7, 11) is 0. The van der Waals surface area contributed by atoms with Gasteiger partial charge >= 0.3 is 5.97 Å². The molecule has 0 atom stereocenters. The lowest BCUT2D eigenvalue weighted by Crippen LogP contribution is -2.20. The van der Waals surface area contributed by atoms with Gasteiger partial charge in [0, 0.05) is 9.90 Å². The highest BCUT2D eigenvalue weighted by Crippen LogP contribution is 2.38. The number of hydrogen-bond acceptors (Lipinski definition) is 4. The molecule has 0 amide bonds. The molecule has 4 nitrogen and oxygen atoms in total. The minimum Gasteiger partial charge on any atom is -0.462 e. The molecule has 138 valence electrons. The van der Waals surface area contributed by atoms with E-state index in [2.05, 4.69) is 10.6 Å². The van der Waals surface area contributed by atoms with Crippen molar-refractivity contribution < 1.29 is 9.53 Å². The maximum absolute atomic E-state index is 12.5. The van der Waals surface area contributed by atoms with Crippen LogP contribution in [0.2, 0.25) is 10.0 Å². The first-order valence-electron chi connectivity index (χ1n) is 8.34. The van der Waals surface area contributed by atoms with E-state index in [0.29, 0.717) is 33.0 Å². The third-order valence-corrected chi connectivity index (χ3v) is 6.02. The highest BCUT2D eigenvalue weighted by atomic mass is 35.5. The molecule has 1 aromatic heterocycles. The summed E-state index contributed by atoms with van der Waals surface area (Å²) in [5.41, 5.74) is 2.35. The number of nitrogens with one attached hydrogen (secondary N) is 2. The lowest BCUT2D eigenvalue weighted by atomic mass is 9.95. The zero-order chi connectivity index (χ0) is 18.7. The molecule has 1 aliphatic carbocycles. The molecule has 1 heterocycles. The number of esters is 1. The van der Waals surface area contributed by atoms with Crippen LogP contribution in [0.3, 0.4) is 0 Å². The van der Waals surface area contributed by atoms with E-state index in [0.717, 1.165) is 36.2 Å². The number of thiophene rings is 1. The molecule has 0 fully saturated rings. The van der Waals surface area contributed by atoms with Crippen LogP contribution in [0.4, 0.5) is 10.7 Å². The number of aryl methyl sites for hydroxylation is 1. The molecular formula is C18H18Cl2N2O2S2. The van der Waals surface area contributed by atoms with Gasteiger partial charge in [-0.2, -0.15) is 0 Å². The van der Waals surface area contributed by atoms with E-state index in [1.807, 2.05) is 0 Å². The number of hydrogen-bond donors (Lipinski definition) is 2. The number of benzene rings is 1. The van der Waals surface area contributed by atoms with Crippen LogP contribution < -0.4 is 10.6 Å². The van der Waals surface area contributed by atoms with Crippen molar-refractivity contribution in [2.45, 2.75) is 32.6 Å². The largest absolute Gasteiger partial charge is 0.462 e. The van der Waals surface area contributed by atoms with Crippen molar-refractivity contribution >= 4 is 68.5 Å². The lowest BCUT2D eigenvalue weighted by molar-refractivity contribution is 0.0526. The van der Waals surface area contributed by atoms with E-state index in [1.54, 1.807) is 36.5 Å². The zero-order valence-corrected chi connectivity index (χ0v) is 17.3. The fourth-order valence-electron chi connectivity index (χ4n) is 2.92. The number of anilines is 2. The molecule has 3 rings (SSSR count). The second-order valence-electron chi connectivity index (χ2n) is 5.84. The number of thiocarbonyl (C=S) groups is 1. The van der Waals surface area contributed by atoms with Crippen LogP contribution in [-0.4, -0.2) is 17.7 Å². The van der Waals surface area contributed by atoms with Crippen LogP contribution in [0.15, 0.2) is 18.2 Å². The Labute approximate surface area is 171 Å². The van der Waals surface area contributed by atoms with E-state index in [1.165, 1.54) is 4.88 Å². The quantitative estimate of drug-likeness (QED) is 0.467. The van der Waals surface area contributed by atoms with Crippen molar-refractivity contribution in [2.24, 2.45) is 0 Å². The number of carbonyl (C=O) groups is 1. The topological polar surface area (TPSA) is 50.4 Å². The summed E-state index contributed by atoms with van der Waals surface area (Å²) in [6, 6.07) is 5.12. The average molecular weight is 429 g/mol. The predicted octanol–water partition coefficient (Wildman–Crippen LogP) is 5.92. The summed E-state index contributed by atoms with van der Waals surface area (Å²) in [5.74, 6) is -0.304. The van der Waals surface area contributed by atoms with Gasteiger partial charge in [0.2, 0.25) is 0 Å². The van der Waals surface area contributed by atoms with Crippen molar-refractivity contribution in [3.8, 4) is 0 Å². The van der Waals surface area contributed by atoms with Gasteiger partial charge in [-0.3, -0.25) is 0 Å². The van der Waals surface area contributed by atoms with Gasteiger partial charge in [0.05, 0.1) is 22.9 Å². The summed E-state index contributed by atoms with van der Waals surface area (Å²) >= 11 is 19.1. The highest BCUT2D eigenvalue weighted by molar-refractivity contribution is 7.80. The number of fused-ring (bicyclic) bond motifs is 1. The van der Waals surface area contributed by atoms with Gasteiger partial charge < -0.3 is 15.4 Å². The van der Waals surface area contributed by atoms with Crippen LogP contribution in [0.1, 0.15) is 40.6 Å². The van der Waals surface area contributed by atoms with Gasteiger partial charge in [0.1, 0.15) is 5.00 Å². The monoisotopic (exact) mass is 428 g/mol. The smallest absolute Gasteiger partial charge is 0.341 e. The van der Waals surface area contributed by atoms with Crippen LogP contribution in [0.5, 0.6) is 0 Å². The van der Waals surface area contributed by atoms with Crippen LogP contribution in [0, 0.1) is 0 Å². The van der Waals surface area contributed by atoms with E-state index in [4.69, 9.17) is 40.2 Å². The molecule has 8 heteroatoms. The molecule has 26 heavy (non-hydrogen) atoms. The Morgan fingerprint density at radius 1 is 1.27 bits per heavy atom. The Hall–Kier alpha value is -1.34. The number of ether oxygens (including phenoxy) is 1. The van der Waals surface area contributed by atoms with Gasteiger partial charge in [-0.05, 0) is 68.6 Å². The molecule has 2 aromatic rings. The zero-order valence-electron chi connectivity index (χ0n) is 14.2. The Kier molecular flexibility index (Phi) is 6.40. The number of carbonyl (C=O) groups excluding carboxylic acids is 1. The number of rotatable bonds is 4. The van der Waals surface area contributed by atoms with Gasteiger partial charge in [0.15, 0.2) is 5.11 Å². The first-order chi connectivity index (χ1) is 12.5. The molecule has 1 aliphatic rings.